The average molecular weight is 432 g/mol. The molecule has 2 N–H and O–H groups in total. The molecule has 0 fully saturated rings. The summed E-state index contributed by atoms with van der Waals surface area (Å²) in [5.74, 6) is 0.102. The summed E-state index contributed by atoms with van der Waals surface area (Å²) >= 11 is 0. The molecule has 0 spiro atoms. The highest BCUT2D eigenvalue weighted by Crippen LogP contribution is 2.28. The number of aliphatic hydroxyl groups excluding tert-OH is 1. The summed E-state index contributed by atoms with van der Waals surface area (Å²) in [7, 11) is 3.05. The number of aliphatic hydroxyl groups is 1. The molecule has 2 aromatic carbocycles. The number of ether oxygens (including phenoxy) is 2. The number of methoxy groups -OCH3 is 2. The second kappa shape index (κ2) is 11.9. The van der Waals surface area contributed by atoms with Crippen LogP contribution in [0.5, 0.6) is 11.5 Å². The molecule has 2 aromatic rings. The molecule has 7 nitrogen and oxygen atoms in total. The highest BCUT2D eigenvalue weighted by molar-refractivity contribution is 5.88. The maximum atomic E-state index is 13.3. The highest BCUT2D eigenvalue weighted by Gasteiger charge is 2.26. The summed E-state index contributed by atoms with van der Waals surface area (Å²) in [4.78, 5) is 27.2. The number of carbonyl (C=O) groups is 2. The number of benzene rings is 2. The monoisotopic (exact) mass is 432 g/mol. The number of rotatable bonds is 11. The number of hydrogen-bond donors (Lipinski definition) is 2. The van der Waals surface area contributed by atoms with E-state index in [4.69, 9.17) is 14.6 Å². The predicted molar refractivity (Wildman–Crippen MR) is 114 cm³/mol. The van der Waals surface area contributed by atoms with Crippen LogP contribution in [0.3, 0.4) is 0 Å². The van der Waals surface area contributed by atoms with E-state index in [0.29, 0.717) is 35.6 Å². The number of amides is 2. The molecule has 0 saturated carbocycles. The third-order valence-corrected chi connectivity index (χ3v) is 4.87. The van der Waals surface area contributed by atoms with E-state index in [2.05, 4.69) is 5.32 Å². The molecule has 0 aromatic heterocycles. The minimum Gasteiger partial charge on any atom is -0.493 e. The Morgan fingerprint density at radius 3 is 2.32 bits per heavy atom. The first-order chi connectivity index (χ1) is 14.9. The molecule has 0 unspecified atom stereocenters. The van der Waals surface area contributed by atoms with Crippen LogP contribution in [0.4, 0.5) is 4.39 Å². The minimum atomic E-state index is -0.753. The second-order valence-electron chi connectivity index (χ2n) is 7.06. The molecule has 0 radical (unpaired) electrons. The first-order valence-corrected chi connectivity index (χ1v) is 10.0. The van der Waals surface area contributed by atoms with Crippen molar-refractivity contribution in [3.63, 3.8) is 0 Å². The number of nitrogens with one attached hydrogen (secondary N) is 1. The van der Waals surface area contributed by atoms with E-state index >= 15 is 0 Å². The second-order valence-corrected chi connectivity index (χ2v) is 7.06. The van der Waals surface area contributed by atoms with Gasteiger partial charge in [-0.3, -0.25) is 9.59 Å². The third kappa shape index (κ3) is 6.96. The quantitative estimate of drug-likeness (QED) is 0.532. The van der Waals surface area contributed by atoms with E-state index in [9.17, 15) is 14.0 Å². The van der Waals surface area contributed by atoms with Crippen molar-refractivity contribution in [1.82, 2.24) is 10.2 Å². The first kappa shape index (κ1) is 24.1. The van der Waals surface area contributed by atoms with Crippen LogP contribution in [-0.4, -0.2) is 55.2 Å². The van der Waals surface area contributed by atoms with Crippen LogP contribution in [0.15, 0.2) is 42.5 Å². The van der Waals surface area contributed by atoms with Gasteiger partial charge in [-0.1, -0.05) is 18.2 Å². The zero-order valence-electron chi connectivity index (χ0n) is 18.1. The van der Waals surface area contributed by atoms with E-state index in [-0.39, 0.29) is 37.2 Å². The molecule has 0 saturated heterocycles. The van der Waals surface area contributed by atoms with Gasteiger partial charge >= 0.3 is 0 Å². The third-order valence-electron chi connectivity index (χ3n) is 4.87. The smallest absolute Gasteiger partial charge is 0.242 e. The topological polar surface area (TPSA) is 88.1 Å². The number of halogens is 1. The molecule has 168 valence electrons. The van der Waals surface area contributed by atoms with Gasteiger partial charge in [0.2, 0.25) is 11.8 Å². The molecule has 1 atom stereocenters. The van der Waals surface area contributed by atoms with Crippen LogP contribution < -0.4 is 14.8 Å². The Labute approximate surface area is 181 Å². The number of hydrogen-bond acceptors (Lipinski definition) is 5. The van der Waals surface area contributed by atoms with E-state index in [1.807, 2.05) is 0 Å². The summed E-state index contributed by atoms with van der Waals surface area (Å²) in [6.45, 7) is 2.07. The Morgan fingerprint density at radius 1 is 1.06 bits per heavy atom. The molecule has 2 rings (SSSR count). The Bertz CT molecular complexity index is 873. The lowest BCUT2D eigenvalue weighted by Crippen LogP contribution is -2.48. The van der Waals surface area contributed by atoms with Gasteiger partial charge in [-0.2, -0.15) is 0 Å². The summed E-state index contributed by atoms with van der Waals surface area (Å²) in [5.41, 5.74) is 1.41. The normalized spacial score (nSPS) is 11.5. The molecule has 8 heteroatoms. The van der Waals surface area contributed by atoms with Gasteiger partial charge in [0.25, 0.3) is 0 Å². The zero-order chi connectivity index (χ0) is 22.8. The molecule has 31 heavy (non-hydrogen) atoms. The van der Waals surface area contributed by atoms with Crippen LogP contribution in [0.25, 0.3) is 0 Å². The average Bonchev–Trinajstić information content (AvgIpc) is 2.78. The summed E-state index contributed by atoms with van der Waals surface area (Å²) in [5, 5.41) is 11.6. The van der Waals surface area contributed by atoms with E-state index in [1.54, 1.807) is 37.3 Å². The van der Waals surface area contributed by atoms with Crippen LogP contribution in [-0.2, 0) is 22.6 Å². The largest absolute Gasteiger partial charge is 0.493 e. The Hall–Kier alpha value is -3.13. The van der Waals surface area contributed by atoms with Gasteiger partial charge in [0.1, 0.15) is 11.9 Å². The van der Waals surface area contributed by atoms with E-state index in [1.165, 1.54) is 31.3 Å². The van der Waals surface area contributed by atoms with Crippen LogP contribution >= 0.6 is 0 Å². The van der Waals surface area contributed by atoms with Crippen molar-refractivity contribution in [3.8, 4) is 11.5 Å². The van der Waals surface area contributed by atoms with Crippen molar-refractivity contribution in [2.45, 2.75) is 32.4 Å². The molecule has 0 heterocycles. The Morgan fingerprint density at radius 2 is 1.71 bits per heavy atom. The Balaban J connectivity index is 2.22. The van der Waals surface area contributed by atoms with Crippen molar-refractivity contribution in [1.29, 1.82) is 0 Å². The predicted octanol–water partition coefficient (Wildman–Crippen LogP) is 2.30. The van der Waals surface area contributed by atoms with Crippen molar-refractivity contribution in [2.75, 3.05) is 27.4 Å². The fourth-order valence-corrected chi connectivity index (χ4v) is 3.07. The standard InChI is InChI=1S/C23H29FN2O5/c1-16(23(29)25-11-4-12-27)26(15-17-5-8-19(24)9-6-17)22(28)14-18-7-10-20(30-2)21(13-18)31-3/h5-10,13,16,27H,4,11-12,14-15H2,1-3H3,(H,25,29)/t16-/m0/s1. The molecular weight excluding hydrogens is 403 g/mol. The van der Waals surface area contributed by atoms with Crippen LogP contribution in [0, 0.1) is 5.82 Å². The lowest BCUT2D eigenvalue weighted by atomic mass is 10.1. The Kier molecular flexibility index (Phi) is 9.27. The van der Waals surface area contributed by atoms with Gasteiger partial charge in [0.05, 0.1) is 20.6 Å². The molecule has 0 bridgehead atoms. The SMILES string of the molecule is COc1ccc(CC(=O)N(Cc2ccc(F)cc2)[C@@H](C)C(=O)NCCCO)cc1OC. The lowest BCUT2D eigenvalue weighted by Gasteiger charge is -2.29. The van der Waals surface area contributed by atoms with Crippen molar-refractivity contribution in [3.05, 3.63) is 59.4 Å². The van der Waals surface area contributed by atoms with Crippen molar-refractivity contribution >= 4 is 11.8 Å². The first-order valence-electron chi connectivity index (χ1n) is 10.0. The zero-order valence-corrected chi connectivity index (χ0v) is 18.1. The fraction of sp³-hybridized carbons (Fsp3) is 0.391. The molecule has 2 amide bonds. The molecule has 0 aliphatic rings. The maximum absolute atomic E-state index is 13.3. The van der Waals surface area contributed by atoms with Crippen LogP contribution in [0.2, 0.25) is 0 Å². The summed E-state index contributed by atoms with van der Waals surface area (Å²) in [6.07, 6.45) is 0.478. The summed E-state index contributed by atoms with van der Waals surface area (Å²) in [6, 6.07) is 10.3. The molecular formula is C23H29FN2O5. The van der Waals surface area contributed by atoms with Crippen molar-refractivity contribution < 1.29 is 28.6 Å². The van der Waals surface area contributed by atoms with E-state index < -0.39 is 6.04 Å². The van der Waals surface area contributed by atoms with Crippen LogP contribution in [0.1, 0.15) is 24.5 Å². The van der Waals surface area contributed by atoms with Gasteiger partial charge in [-0.15, -0.1) is 0 Å². The number of carbonyl (C=O) groups excluding carboxylic acids is 2. The molecule has 0 aliphatic heterocycles. The van der Waals surface area contributed by atoms with Gasteiger partial charge in [0.15, 0.2) is 11.5 Å². The lowest BCUT2D eigenvalue weighted by molar-refractivity contribution is -0.140. The van der Waals surface area contributed by atoms with E-state index in [0.717, 1.165) is 0 Å². The minimum absolute atomic E-state index is 0.0355. The van der Waals surface area contributed by atoms with Gasteiger partial charge in [0, 0.05) is 19.7 Å². The van der Waals surface area contributed by atoms with Gasteiger partial charge in [-0.25, -0.2) is 4.39 Å². The van der Waals surface area contributed by atoms with Crippen molar-refractivity contribution in [2.24, 2.45) is 0 Å². The maximum Gasteiger partial charge on any atom is 0.242 e. The summed E-state index contributed by atoms with van der Waals surface area (Å²) < 4.78 is 23.8. The van der Waals surface area contributed by atoms with Gasteiger partial charge in [-0.05, 0) is 48.7 Å². The fourth-order valence-electron chi connectivity index (χ4n) is 3.07. The van der Waals surface area contributed by atoms with Gasteiger partial charge < -0.3 is 24.8 Å². The highest BCUT2D eigenvalue weighted by atomic mass is 19.1. The molecule has 0 aliphatic carbocycles. The number of nitrogens with zero attached hydrogens (tertiary/aromatic N) is 1.